The summed E-state index contributed by atoms with van der Waals surface area (Å²) in [5, 5.41) is 0. The van der Waals surface area contributed by atoms with E-state index in [1.807, 2.05) is 43.0 Å². The molecule has 1 amide bonds. The molecule has 5 rings (SSSR count). The highest BCUT2D eigenvalue weighted by atomic mass is 19.4. The number of amides is 1. The molecule has 2 aromatic rings. The molecule has 0 aromatic heterocycles. The Morgan fingerprint density at radius 2 is 1.69 bits per heavy atom. The Balaban J connectivity index is 1.48. The summed E-state index contributed by atoms with van der Waals surface area (Å²) in [5.41, 5.74) is 1.76. The molecular weight excluding hydrogens is 471 g/mol. The lowest BCUT2D eigenvalue weighted by Crippen LogP contribution is -2.62. The second-order valence-electron chi connectivity index (χ2n) is 10.1. The summed E-state index contributed by atoms with van der Waals surface area (Å²) < 4.78 is 51.6. The molecule has 6 nitrogen and oxygen atoms in total. The number of nitrogens with zero attached hydrogens (tertiary/aromatic N) is 3. The van der Waals surface area contributed by atoms with Gasteiger partial charge in [-0.3, -0.25) is 4.79 Å². The number of anilines is 2. The summed E-state index contributed by atoms with van der Waals surface area (Å²) in [6.45, 7) is 6.80. The number of hydrogen-bond donors (Lipinski definition) is 0. The Kier molecular flexibility index (Phi) is 6.53. The fraction of sp³-hybridized carbons (Fsp3) is 0.519. The number of carbonyl (C=O) groups is 1. The maximum Gasteiger partial charge on any atom is 0.416 e. The van der Waals surface area contributed by atoms with Crippen molar-refractivity contribution in [1.82, 2.24) is 4.90 Å². The van der Waals surface area contributed by atoms with Crippen LogP contribution in [0.5, 0.6) is 5.75 Å². The number of hydrogen-bond acceptors (Lipinski definition) is 5. The van der Waals surface area contributed by atoms with Crippen molar-refractivity contribution in [3.8, 4) is 5.75 Å². The summed E-state index contributed by atoms with van der Waals surface area (Å²) in [5.74, 6) is 0.319. The molecule has 3 heterocycles. The van der Waals surface area contributed by atoms with E-state index in [0.29, 0.717) is 38.3 Å². The van der Waals surface area contributed by atoms with Crippen molar-refractivity contribution in [2.75, 3.05) is 49.6 Å². The van der Waals surface area contributed by atoms with E-state index in [4.69, 9.17) is 9.47 Å². The highest BCUT2D eigenvalue weighted by Gasteiger charge is 2.44. The quantitative estimate of drug-likeness (QED) is 0.628. The van der Waals surface area contributed by atoms with Crippen LogP contribution in [0.3, 0.4) is 0 Å². The first-order chi connectivity index (χ1) is 17.1. The molecule has 2 fully saturated rings. The number of alkyl halides is 3. The molecule has 2 aromatic carbocycles. The molecule has 0 aliphatic carbocycles. The number of piperazine rings is 1. The zero-order chi connectivity index (χ0) is 25.6. The second kappa shape index (κ2) is 9.50. The fourth-order valence-corrected chi connectivity index (χ4v) is 5.90. The van der Waals surface area contributed by atoms with Crippen molar-refractivity contribution >= 4 is 17.3 Å². The molecule has 0 unspecified atom stereocenters. The number of rotatable bonds is 3. The van der Waals surface area contributed by atoms with Crippen LogP contribution < -0.4 is 14.5 Å². The Morgan fingerprint density at radius 1 is 1.00 bits per heavy atom. The molecule has 0 bridgehead atoms. The lowest BCUT2D eigenvalue weighted by atomic mass is 9.82. The maximum atomic E-state index is 13.9. The predicted octanol–water partition coefficient (Wildman–Crippen LogP) is 4.22. The van der Waals surface area contributed by atoms with Gasteiger partial charge >= 0.3 is 6.18 Å². The molecule has 4 atom stereocenters. The van der Waals surface area contributed by atoms with Crippen LogP contribution >= 0.6 is 0 Å². The van der Waals surface area contributed by atoms with Crippen molar-refractivity contribution < 1.29 is 27.4 Å². The molecular formula is C27H32F3N3O3. The van der Waals surface area contributed by atoms with Crippen LogP contribution in [-0.2, 0) is 22.1 Å². The Hall–Kier alpha value is -2.94. The highest BCUT2D eigenvalue weighted by molar-refractivity contribution is 5.83. The van der Waals surface area contributed by atoms with Crippen molar-refractivity contribution in [2.24, 2.45) is 5.92 Å². The minimum atomic E-state index is -4.42. The summed E-state index contributed by atoms with van der Waals surface area (Å²) >= 11 is 0. The SMILES string of the molecule is COc1ccc(N2CCN3c4ccc(C(F)(F)F)cc4C[C@H](C(=O)N4C[C@H](C)O[C@@H](C)C4)[C@@H]3C2)cc1. The van der Waals surface area contributed by atoms with Gasteiger partial charge in [-0.15, -0.1) is 0 Å². The van der Waals surface area contributed by atoms with E-state index < -0.39 is 17.7 Å². The smallest absolute Gasteiger partial charge is 0.416 e. The summed E-state index contributed by atoms with van der Waals surface area (Å²) in [6, 6.07) is 11.6. The Bertz CT molecular complexity index is 1100. The van der Waals surface area contributed by atoms with Gasteiger partial charge in [0, 0.05) is 44.1 Å². The number of fused-ring (bicyclic) bond motifs is 3. The van der Waals surface area contributed by atoms with Gasteiger partial charge in [0.1, 0.15) is 5.75 Å². The molecule has 0 saturated carbocycles. The van der Waals surface area contributed by atoms with Crippen LogP contribution in [0, 0.1) is 5.92 Å². The van der Waals surface area contributed by atoms with Gasteiger partial charge in [-0.1, -0.05) is 0 Å². The molecule has 3 aliphatic heterocycles. The van der Waals surface area contributed by atoms with Gasteiger partial charge in [0.05, 0.1) is 36.8 Å². The maximum absolute atomic E-state index is 13.9. The van der Waals surface area contributed by atoms with Crippen molar-refractivity contribution in [3.05, 3.63) is 53.6 Å². The van der Waals surface area contributed by atoms with Crippen molar-refractivity contribution in [3.63, 3.8) is 0 Å². The zero-order valence-electron chi connectivity index (χ0n) is 20.8. The van der Waals surface area contributed by atoms with E-state index in [-0.39, 0.29) is 30.6 Å². The van der Waals surface area contributed by atoms with Crippen LogP contribution in [0.2, 0.25) is 0 Å². The van der Waals surface area contributed by atoms with Crippen LogP contribution in [0.4, 0.5) is 24.5 Å². The number of carbonyl (C=O) groups excluding carboxylic acids is 1. The monoisotopic (exact) mass is 503 g/mol. The molecule has 0 spiro atoms. The molecule has 2 saturated heterocycles. The third-order valence-corrected chi connectivity index (χ3v) is 7.53. The van der Waals surface area contributed by atoms with Crippen LogP contribution in [0.25, 0.3) is 0 Å². The van der Waals surface area contributed by atoms with Gasteiger partial charge in [0.2, 0.25) is 5.91 Å². The Morgan fingerprint density at radius 3 is 2.33 bits per heavy atom. The van der Waals surface area contributed by atoms with Crippen molar-refractivity contribution in [2.45, 2.75) is 44.7 Å². The van der Waals surface area contributed by atoms with Crippen molar-refractivity contribution in [1.29, 1.82) is 0 Å². The number of benzene rings is 2. The van der Waals surface area contributed by atoms with Gasteiger partial charge in [-0.25, -0.2) is 0 Å². The summed E-state index contributed by atoms with van der Waals surface area (Å²) in [7, 11) is 1.63. The van der Waals surface area contributed by atoms with Crippen LogP contribution in [0.15, 0.2) is 42.5 Å². The van der Waals surface area contributed by atoms with E-state index in [2.05, 4.69) is 9.80 Å². The first kappa shape index (κ1) is 24.7. The molecule has 3 aliphatic rings. The van der Waals surface area contributed by atoms with Gasteiger partial charge in [0.25, 0.3) is 0 Å². The van der Waals surface area contributed by atoms with E-state index in [9.17, 15) is 18.0 Å². The molecule has 0 radical (unpaired) electrons. The van der Waals surface area contributed by atoms with Crippen LogP contribution in [0.1, 0.15) is 25.0 Å². The lowest BCUT2D eigenvalue weighted by Gasteiger charge is -2.51. The average molecular weight is 504 g/mol. The lowest BCUT2D eigenvalue weighted by molar-refractivity contribution is -0.148. The summed E-state index contributed by atoms with van der Waals surface area (Å²) in [4.78, 5) is 20.1. The average Bonchev–Trinajstić information content (AvgIpc) is 2.86. The minimum absolute atomic E-state index is 0.00774. The summed E-state index contributed by atoms with van der Waals surface area (Å²) in [6.07, 6.45) is -4.30. The predicted molar refractivity (Wildman–Crippen MR) is 132 cm³/mol. The molecule has 194 valence electrons. The third-order valence-electron chi connectivity index (χ3n) is 7.53. The van der Waals surface area contributed by atoms with E-state index in [1.54, 1.807) is 13.2 Å². The fourth-order valence-electron chi connectivity index (χ4n) is 5.90. The third kappa shape index (κ3) is 4.73. The van der Waals surface area contributed by atoms with Gasteiger partial charge in [-0.2, -0.15) is 13.2 Å². The molecule has 9 heteroatoms. The topological polar surface area (TPSA) is 45.2 Å². The largest absolute Gasteiger partial charge is 0.497 e. The highest BCUT2D eigenvalue weighted by Crippen LogP contribution is 2.41. The molecule has 36 heavy (non-hydrogen) atoms. The first-order valence-electron chi connectivity index (χ1n) is 12.4. The number of ether oxygens (including phenoxy) is 2. The Labute approximate surface area is 209 Å². The minimum Gasteiger partial charge on any atom is -0.497 e. The van der Waals surface area contributed by atoms with Gasteiger partial charge in [-0.05, 0) is 68.3 Å². The number of halogens is 3. The van der Waals surface area contributed by atoms with E-state index >= 15 is 0 Å². The van der Waals surface area contributed by atoms with E-state index in [0.717, 1.165) is 23.2 Å². The van der Waals surface area contributed by atoms with E-state index in [1.165, 1.54) is 6.07 Å². The van der Waals surface area contributed by atoms with Gasteiger partial charge in [0.15, 0.2) is 0 Å². The normalized spacial score (nSPS) is 26.3. The second-order valence-corrected chi connectivity index (χ2v) is 10.1. The first-order valence-corrected chi connectivity index (χ1v) is 12.4. The zero-order valence-corrected chi connectivity index (χ0v) is 20.8. The van der Waals surface area contributed by atoms with Crippen LogP contribution in [-0.4, -0.2) is 68.9 Å². The number of morpholine rings is 1. The van der Waals surface area contributed by atoms with Gasteiger partial charge < -0.3 is 24.2 Å². The molecule has 0 N–H and O–H groups in total. The standard InChI is InChI=1S/C27H32F3N3O3/c1-17-14-32(15-18(2)36-17)26(34)23-13-19-12-20(27(28,29)30)4-9-24(19)33-11-10-31(16-25(23)33)21-5-7-22(35-3)8-6-21/h4-9,12,17-18,23,25H,10-11,13-16H2,1-3H3/t17-,18-,23-,25-/m0/s1. The number of methoxy groups -OCH3 is 1.